The van der Waals surface area contributed by atoms with Crippen molar-refractivity contribution in [2.45, 2.75) is 12.8 Å². The van der Waals surface area contributed by atoms with Crippen molar-refractivity contribution in [3.8, 4) is 11.8 Å². The van der Waals surface area contributed by atoms with E-state index < -0.39 is 0 Å². The number of ketones is 1. The van der Waals surface area contributed by atoms with Crippen LogP contribution < -0.4 is 10.1 Å². The number of methoxy groups -OCH3 is 1. The topological polar surface area (TPSA) is 82.4 Å². The Balaban J connectivity index is 0.00000300. The molecule has 6 nitrogen and oxygen atoms in total. The zero-order valence-corrected chi connectivity index (χ0v) is 17.9. The summed E-state index contributed by atoms with van der Waals surface area (Å²) >= 11 is 1.51. The third-order valence-corrected chi connectivity index (χ3v) is 5.89. The van der Waals surface area contributed by atoms with E-state index >= 15 is 0 Å². The number of rotatable bonds is 7. The first-order chi connectivity index (χ1) is 13.6. The molecular weight excluding hydrogens is 410 g/mol. The molecule has 154 valence electrons. The number of hydrogen-bond acceptors (Lipinski definition) is 6. The van der Waals surface area contributed by atoms with Crippen molar-refractivity contribution in [1.29, 1.82) is 5.26 Å². The van der Waals surface area contributed by atoms with E-state index in [1.807, 2.05) is 23.6 Å². The van der Waals surface area contributed by atoms with E-state index in [0.29, 0.717) is 23.4 Å². The van der Waals surface area contributed by atoms with Crippen molar-refractivity contribution < 1.29 is 14.3 Å². The molecule has 29 heavy (non-hydrogen) atoms. The van der Waals surface area contributed by atoms with Gasteiger partial charge in [-0.2, -0.15) is 5.26 Å². The summed E-state index contributed by atoms with van der Waals surface area (Å²) in [5.41, 5.74) is 0.783. The minimum atomic E-state index is -0.253. The number of nitrogens with zero attached hydrogens (tertiary/aromatic N) is 2. The minimum Gasteiger partial charge on any atom is -0.496 e. The highest BCUT2D eigenvalue weighted by molar-refractivity contribution is 7.12. The summed E-state index contributed by atoms with van der Waals surface area (Å²) in [4.78, 5) is 28.0. The number of ether oxygens (including phenoxy) is 1. The standard InChI is InChI=1S/C21H23N3O3S.ClH/c1-27-18-5-4-15(14-22)13-17(18)21(26)23-8-11-24-9-6-16(7-10-24)20(25)19-3-2-12-28-19;/h2-5,12-13,16H,6-11H2,1H3,(H,23,26);1H. The van der Waals surface area contributed by atoms with Crippen LogP contribution in [0.5, 0.6) is 5.75 Å². The maximum absolute atomic E-state index is 12.4. The van der Waals surface area contributed by atoms with Gasteiger partial charge in [-0.1, -0.05) is 6.07 Å². The van der Waals surface area contributed by atoms with E-state index in [0.717, 1.165) is 37.4 Å². The van der Waals surface area contributed by atoms with Crippen LogP contribution in [0.3, 0.4) is 0 Å². The molecule has 0 aliphatic carbocycles. The molecule has 0 bridgehead atoms. The van der Waals surface area contributed by atoms with E-state index in [9.17, 15) is 9.59 Å². The summed E-state index contributed by atoms with van der Waals surface area (Å²) in [6, 6.07) is 10.6. The molecule has 1 aromatic heterocycles. The van der Waals surface area contributed by atoms with E-state index in [-0.39, 0.29) is 30.0 Å². The zero-order chi connectivity index (χ0) is 19.9. The van der Waals surface area contributed by atoms with Gasteiger partial charge in [0.25, 0.3) is 5.91 Å². The van der Waals surface area contributed by atoms with Gasteiger partial charge >= 0.3 is 0 Å². The van der Waals surface area contributed by atoms with Crippen LogP contribution in [0.25, 0.3) is 0 Å². The number of thiophene rings is 1. The first-order valence-electron chi connectivity index (χ1n) is 9.28. The van der Waals surface area contributed by atoms with Crippen LogP contribution in [-0.4, -0.2) is 49.9 Å². The van der Waals surface area contributed by atoms with Crippen molar-refractivity contribution in [2.75, 3.05) is 33.3 Å². The Labute approximate surface area is 180 Å². The fraction of sp³-hybridized carbons (Fsp3) is 0.381. The number of halogens is 1. The molecule has 1 N–H and O–H groups in total. The number of likely N-dealkylation sites (tertiary alicyclic amines) is 1. The molecule has 0 unspecified atom stereocenters. The molecule has 1 aliphatic heterocycles. The van der Waals surface area contributed by atoms with E-state index in [2.05, 4.69) is 10.2 Å². The number of Topliss-reactive ketones (excluding diaryl/α,β-unsaturated/α-hetero) is 1. The van der Waals surface area contributed by atoms with E-state index in [1.165, 1.54) is 24.5 Å². The molecule has 0 saturated carbocycles. The average Bonchev–Trinajstić information content (AvgIpc) is 3.28. The van der Waals surface area contributed by atoms with Gasteiger partial charge in [0.1, 0.15) is 5.75 Å². The van der Waals surface area contributed by atoms with Gasteiger partial charge in [0.2, 0.25) is 0 Å². The summed E-state index contributed by atoms with van der Waals surface area (Å²) in [5, 5.41) is 13.9. The van der Waals surface area contributed by atoms with Gasteiger partial charge in [0.05, 0.1) is 29.2 Å². The van der Waals surface area contributed by atoms with Crippen molar-refractivity contribution in [3.05, 3.63) is 51.7 Å². The fourth-order valence-corrected chi connectivity index (χ4v) is 4.16. The number of carbonyl (C=O) groups excluding carboxylic acids is 2. The first kappa shape index (κ1) is 22.9. The molecule has 2 heterocycles. The van der Waals surface area contributed by atoms with Crippen LogP contribution in [0.4, 0.5) is 0 Å². The quantitative estimate of drug-likeness (QED) is 0.677. The van der Waals surface area contributed by atoms with Gasteiger partial charge in [-0.05, 0) is 55.6 Å². The van der Waals surface area contributed by atoms with Gasteiger partial charge in [-0.25, -0.2) is 0 Å². The van der Waals surface area contributed by atoms with Crippen molar-refractivity contribution in [3.63, 3.8) is 0 Å². The summed E-state index contributed by atoms with van der Waals surface area (Å²) in [6.45, 7) is 2.93. The molecule has 1 fully saturated rings. The Kier molecular flexibility index (Phi) is 8.65. The number of nitriles is 1. The summed E-state index contributed by atoms with van der Waals surface area (Å²) in [6.07, 6.45) is 1.70. The van der Waals surface area contributed by atoms with Crippen LogP contribution in [0.15, 0.2) is 35.7 Å². The van der Waals surface area contributed by atoms with E-state index in [1.54, 1.807) is 12.1 Å². The Morgan fingerprint density at radius 1 is 1.31 bits per heavy atom. The van der Waals surface area contributed by atoms with Crippen LogP contribution in [0, 0.1) is 17.2 Å². The SMILES string of the molecule is COc1ccc(C#N)cc1C(=O)NCCN1CCC(C(=O)c2cccs2)CC1.Cl. The Morgan fingerprint density at radius 2 is 2.07 bits per heavy atom. The van der Waals surface area contributed by atoms with Crippen LogP contribution in [0.2, 0.25) is 0 Å². The molecule has 0 atom stereocenters. The molecule has 1 amide bonds. The molecule has 1 saturated heterocycles. The number of amides is 1. The average molecular weight is 434 g/mol. The lowest BCUT2D eigenvalue weighted by atomic mass is 9.92. The normalized spacial score (nSPS) is 14.5. The van der Waals surface area contributed by atoms with Crippen LogP contribution in [-0.2, 0) is 0 Å². The fourth-order valence-electron chi connectivity index (χ4n) is 3.42. The lowest BCUT2D eigenvalue weighted by molar-refractivity contribution is 0.0843. The predicted octanol–water partition coefficient (Wildman–Crippen LogP) is 3.37. The molecule has 3 rings (SSSR count). The van der Waals surface area contributed by atoms with Crippen LogP contribution >= 0.6 is 23.7 Å². The molecule has 2 aromatic rings. The van der Waals surface area contributed by atoms with Crippen LogP contribution in [0.1, 0.15) is 38.4 Å². The summed E-state index contributed by atoms with van der Waals surface area (Å²) in [7, 11) is 1.50. The lowest BCUT2D eigenvalue weighted by Crippen LogP contribution is -2.41. The molecule has 8 heteroatoms. The van der Waals surface area contributed by atoms with Crippen molar-refractivity contribution in [2.24, 2.45) is 5.92 Å². The molecule has 1 aromatic carbocycles. The largest absolute Gasteiger partial charge is 0.496 e. The molecule has 0 spiro atoms. The number of benzene rings is 1. The second-order valence-corrected chi connectivity index (χ2v) is 7.69. The Hall–Kier alpha value is -2.40. The number of hydrogen-bond donors (Lipinski definition) is 1. The molecule has 1 aliphatic rings. The first-order valence-corrected chi connectivity index (χ1v) is 10.2. The second kappa shape index (κ2) is 11.0. The predicted molar refractivity (Wildman–Crippen MR) is 115 cm³/mol. The van der Waals surface area contributed by atoms with Gasteiger partial charge in [-0.15, -0.1) is 23.7 Å². The summed E-state index contributed by atoms with van der Waals surface area (Å²) in [5.74, 6) is 0.552. The van der Waals surface area contributed by atoms with E-state index in [4.69, 9.17) is 10.00 Å². The molecular formula is C21H24ClN3O3S. The smallest absolute Gasteiger partial charge is 0.255 e. The Bertz CT molecular complexity index is 872. The highest BCUT2D eigenvalue weighted by Gasteiger charge is 2.26. The third kappa shape index (κ3) is 5.80. The number of carbonyl (C=O) groups is 2. The number of piperidine rings is 1. The minimum absolute atomic E-state index is 0. The molecule has 0 radical (unpaired) electrons. The highest BCUT2D eigenvalue weighted by atomic mass is 35.5. The second-order valence-electron chi connectivity index (χ2n) is 6.74. The zero-order valence-electron chi connectivity index (χ0n) is 16.2. The highest BCUT2D eigenvalue weighted by Crippen LogP contribution is 2.24. The van der Waals surface area contributed by atoms with Crippen molar-refractivity contribution in [1.82, 2.24) is 10.2 Å². The monoisotopic (exact) mass is 433 g/mol. The summed E-state index contributed by atoms with van der Waals surface area (Å²) < 4.78 is 5.22. The maximum atomic E-state index is 12.4. The number of nitrogens with one attached hydrogen (secondary N) is 1. The van der Waals surface area contributed by atoms with Gasteiger partial charge in [-0.3, -0.25) is 9.59 Å². The third-order valence-electron chi connectivity index (χ3n) is 5.01. The van der Waals surface area contributed by atoms with Gasteiger partial charge in [0.15, 0.2) is 5.78 Å². The lowest BCUT2D eigenvalue weighted by Gasteiger charge is -2.31. The van der Waals surface area contributed by atoms with Crippen molar-refractivity contribution >= 4 is 35.4 Å². The van der Waals surface area contributed by atoms with Gasteiger partial charge in [0, 0.05) is 19.0 Å². The maximum Gasteiger partial charge on any atom is 0.255 e. The van der Waals surface area contributed by atoms with Gasteiger partial charge < -0.3 is 15.0 Å². The Morgan fingerprint density at radius 3 is 2.69 bits per heavy atom.